The summed E-state index contributed by atoms with van der Waals surface area (Å²) in [5.41, 5.74) is 3.16. The lowest BCUT2D eigenvalue weighted by molar-refractivity contribution is -0.143. The number of unbranched alkanes of at least 4 members (excludes halogenated alkanes) is 1. The highest BCUT2D eigenvalue weighted by Gasteiger charge is 2.22. The number of aromatic amines is 1. The number of anilines is 1. The quantitative estimate of drug-likeness (QED) is 0.225. The minimum Gasteiger partial charge on any atom is -0.494 e. The molecule has 2 atom stereocenters. The molecule has 1 aromatic carbocycles. The highest BCUT2D eigenvalue weighted by atomic mass is 19.1. The number of methoxy groups -OCH3 is 1. The number of carbonyl (C=O) groups is 2. The number of rotatable bonds is 12. The van der Waals surface area contributed by atoms with E-state index in [0.29, 0.717) is 17.3 Å². The van der Waals surface area contributed by atoms with Crippen molar-refractivity contribution in [3.63, 3.8) is 0 Å². The van der Waals surface area contributed by atoms with Gasteiger partial charge in [-0.05, 0) is 80.0 Å². The number of ether oxygens (including phenoxy) is 2. The molecule has 2 aromatic heterocycles. The Kier molecular flexibility index (Phi) is 9.35. The van der Waals surface area contributed by atoms with E-state index in [9.17, 15) is 14.0 Å². The van der Waals surface area contributed by atoms with Crippen LogP contribution in [0.25, 0.3) is 0 Å². The summed E-state index contributed by atoms with van der Waals surface area (Å²) in [4.78, 5) is 32.6. The van der Waals surface area contributed by atoms with Gasteiger partial charge in [0.15, 0.2) is 11.6 Å². The van der Waals surface area contributed by atoms with Crippen LogP contribution in [0, 0.1) is 5.82 Å². The summed E-state index contributed by atoms with van der Waals surface area (Å²) >= 11 is 0. The Hall–Kier alpha value is -3.88. The standard InChI is InChI=1S/C29H35FN4O4/c1-3-38-27(35)17-24(21-11-13-26(37-2)23(30)16-21)34-29(36)25-15-19(18-32-25)7-4-5-9-22-12-10-20-8-6-14-31-28(20)33-22/h6,8,11,13-16,18,22,24,32H,3-5,7,9-10,12,17H2,1-2H3,(H,31,33)(H,34,36)/t22?,24-/m0/s1. The summed E-state index contributed by atoms with van der Waals surface area (Å²) in [6, 6.07) is 9.97. The zero-order valence-corrected chi connectivity index (χ0v) is 21.9. The number of halogens is 1. The van der Waals surface area contributed by atoms with Crippen LogP contribution < -0.4 is 15.4 Å². The van der Waals surface area contributed by atoms with E-state index >= 15 is 0 Å². The molecule has 0 fully saturated rings. The van der Waals surface area contributed by atoms with Gasteiger partial charge in [0.1, 0.15) is 11.5 Å². The fraction of sp³-hybridized carbons (Fsp3) is 0.414. The molecule has 0 saturated heterocycles. The van der Waals surface area contributed by atoms with E-state index in [-0.39, 0.29) is 24.7 Å². The maximum Gasteiger partial charge on any atom is 0.308 e. The van der Waals surface area contributed by atoms with Crippen LogP contribution in [0.2, 0.25) is 0 Å². The topological polar surface area (TPSA) is 105 Å². The number of H-pyrrole nitrogens is 1. The zero-order chi connectivity index (χ0) is 26.9. The summed E-state index contributed by atoms with van der Waals surface area (Å²) in [6.45, 7) is 1.93. The predicted octanol–water partition coefficient (Wildman–Crippen LogP) is 5.12. The van der Waals surface area contributed by atoms with Gasteiger partial charge in [-0.15, -0.1) is 0 Å². The molecule has 8 nitrogen and oxygen atoms in total. The molecular formula is C29H35FN4O4. The maximum atomic E-state index is 14.3. The number of benzene rings is 1. The van der Waals surface area contributed by atoms with Crippen LogP contribution in [0.4, 0.5) is 10.2 Å². The average molecular weight is 523 g/mol. The van der Waals surface area contributed by atoms with Gasteiger partial charge in [-0.25, -0.2) is 9.37 Å². The van der Waals surface area contributed by atoms with Gasteiger partial charge in [0, 0.05) is 18.4 Å². The highest BCUT2D eigenvalue weighted by Crippen LogP contribution is 2.26. The third-order valence-corrected chi connectivity index (χ3v) is 6.81. The van der Waals surface area contributed by atoms with Gasteiger partial charge < -0.3 is 25.1 Å². The maximum absolute atomic E-state index is 14.3. The van der Waals surface area contributed by atoms with E-state index in [1.54, 1.807) is 13.0 Å². The van der Waals surface area contributed by atoms with E-state index in [1.807, 2.05) is 24.5 Å². The van der Waals surface area contributed by atoms with Crippen LogP contribution in [0.3, 0.4) is 0 Å². The zero-order valence-electron chi connectivity index (χ0n) is 21.9. The van der Waals surface area contributed by atoms with Crippen molar-refractivity contribution in [2.75, 3.05) is 19.0 Å². The van der Waals surface area contributed by atoms with Crippen molar-refractivity contribution >= 4 is 17.7 Å². The minimum atomic E-state index is -0.753. The van der Waals surface area contributed by atoms with Gasteiger partial charge in [0.25, 0.3) is 5.91 Å². The van der Waals surface area contributed by atoms with Crippen LogP contribution in [0.1, 0.15) is 72.2 Å². The van der Waals surface area contributed by atoms with Crippen LogP contribution in [-0.4, -0.2) is 41.6 Å². The fourth-order valence-electron chi connectivity index (χ4n) is 4.79. The first kappa shape index (κ1) is 27.2. The molecule has 202 valence electrons. The Morgan fingerprint density at radius 3 is 2.89 bits per heavy atom. The Labute approximate surface area is 222 Å². The molecule has 0 aliphatic carbocycles. The summed E-state index contributed by atoms with van der Waals surface area (Å²) in [5, 5.41) is 6.39. The average Bonchev–Trinajstić information content (AvgIpc) is 3.40. The van der Waals surface area contributed by atoms with Crippen molar-refractivity contribution in [2.45, 2.75) is 64.0 Å². The van der Waals surface area contributed by atoms with Crippen LogP contribution in [0.5, 0.6) is 5.75 Å². The first-order valence-electron chi connectivity index (χ1n) is 13.1. The van der Waals surface area contributed by atoms with Crippen molar-refractivity contribution < 1.29 is 23.5 Å². The van der Waals surface area contributed by atoms with E-state index in [2.05, 4.69) is 26.7 Å². The van der Waals surface area contributed by atoms with Gasteiger partial charge in [-0.1, -0.05) is 18.6 Å². The minimum absolute atomic E-state index is 0.0877. The van der Waals surface area contributed by atoms with Gasteiger partial charge in [-0.2, -0.15) is 0 Å². The van der Waals surface area contributed by atoms with E-state index in [4.69, 9.17) is 9.47 Å². The predicted molar refractivity (Wildman–Crippen MR) is 143 cm³/mol. The first-order valence-corrected chi connectivity index (χ1v) is 13.1. The third-order valence-electron chi connectivity index (χ3n) is 6.81. The molecule has 0 spiro atoms. The van der Waals surface area contributed by atoms with E-state index in [0.717, 1.165) is 49.9 Å². The molecule has 1 aliphatic heterocycles. The highest BCUT2D eigenvalue weighted by molar-refractivity contribution is 5.93. The molecule has 3 N–H and O–H groups in total. The van der Waals surface area contributed by atoms with Gasteiger partial charge in [0.05, 0.1) is 26.2 Å². The molecule has 3 aromatic rings. The number of aryl methyl sites for hydroxylation is 2. The van der Waals surface area contributed by atoms with Crippen molar-refractivity contribution in [3.05, 3.63) is 77.0 Å². The second kappa shape index (κ2) is 13.1. The monoisotopic (exact) mass is 522 g/mol. The molecular weight excluding hydrogens is 487 g/mol. The normalized spacial score (nSPS) is 15.2. The number of esters is 1. The van der Waals surface area contributed by atoms with Crippen LogP contribution in [-0.2, 0) is 22.4 Å². The number of hydrogen-bond acceptors (Lipinski definition) is 6. The Morgan fingerprint density at radius 2 is 2.11 bits per heavy atom. The Balaban J connectivity index is 1.30. The molecule has 38 heavy (non-hydrogen) atoms. The Bertz CT molecular complexity index is 1240. The fourth-order valence-corrected chi connectivity index (χ4v) is 4.79. The lowest BCUT2D eigenvalue weighted by Crippen LogP contribution is -2.31. The second-order valence-electron chi connectivity index (χ2n) is 9.49. The Morgan fingerprint density at radius 1 is 1.24 bits per heavy atom. The molecule has 0 bridgehead atoms. The number of nitrogens with one attached hydrogen (secondary N) is 3. The molecule has 9 heteroatoms. The summed E-state index contributed by atoms with van der Waals surface area (Å²) in [6.07, 6.45) is 9.69. The molecule has 1 aliphatic rings. The number of nitrogens with zero attached hydrogens (tertiary/aromatic N) is 1. The number of pyridine rings is 1. The first-order chi connectivity index (χ1) is 18.5. The van der Waals surface area contributed by atoms with Crippen LogP contribution >= 0.6 is 0 Å². The second-order valence-corrected chi connectivity index (χ2v) is 9.49. The largest absolute Gasteiger partial charge is 0.494 e. The van der Waals surface area contributed by atoms with E-state index in [1.165, 1.54) is 24.8 Å². The van der Waals surface area contributed by atoms with E-state index < -0.39 is 17.8 Å². The molecule has 0 saturated carbocycles. The smallest absolute Gasteiger partial charge is 0.308 e. The molecule has 3 heterocycles. The SMILES string of the molecule is CCOC(=O)C[C@H](NC(=O)c1cc(CCCCC2CCc3cccnc3N2)c[nH]1)c1ccc(OC)c(F)c1. The van der Waals surface area contributed by atoms with Crippen LogP contribution in [0.15, 0.2) is 48.8 Å². The summed E-state index contributed by atoms with van der Waals surface area (Å²) in [5.74, 6) is -0.333. The molecule has 1 unspecified atom stereocenters. The number of hydrogen-bond donors (Lipinski definition) is 3. The molecule has 1 amide bonds. The van der Waals surface area contributed by atoms with Crippen molar-refractivity contribution in [3.8, 4) is 5.75 Å². The summed E-state index contributed by atoms with van der Waals surface area (Å²) in [7, 11) is 1.38. The molecule has 0 radical (unpaired) electrons. The van der Waals surface area contributed by atoms with Gasteiger partial charge in [0.2, 0.25) is 0 Å². The van der Waals surface area contributed by atoms with Crippen molar-refractivity contribution in [1.82, 2.24) is 15.3 Å². The third kappa shape index (κ3) is 7.12. The van der Waals surface area contributed by atoms with Crippen molar-refractivity contribution in [1.29, 1.82) is 0 Å². The van der Waals surface area contributed by atoms with Gasteiger partial charge in [-0.3, -0.25) is 9.59 Å². The summed E-state index contributed by atoms with van der Waals surface area (Å²) < 4.78 is 24.4. The lowest BCUT2D eigenvalue weighted by Gasteiger charge is -2.25. The number of fused-ring (bicyclic) bond motifs is 1. The van der Waals surface area contributed by atoms with Crippen molar-refractivity contribution in [2.24, 2.45) is 0 Å². The van der Waals surface area contributed by atoms with Gasteiger partial charge >= 0.3 is 5.97 Å². The number of amides is 1. The lowest BCUT2D eigenvalue weighted by atomic mass is 9.96. The number of aromatic nitrogens is 2. The molecule has 4 rings (SSSR count). The number of carbonyl (C=O) groups excluding carboxylic acids is 2.